The molecule has 1 aliphatic rings. The predicted molar refractivity (Wildman–Crippen MR) is 197 cm³/mol. The Bertz CT molecular complexity index is 2020. The van der Waals surface area contributed by atoms with Crippen LogP contribution in [0.15, 0.2) is 65.5 Å². The van der Waals surface area contributed by atoms with Crippen molar-refractivity contribution in [2.24, 2.45) is 0 Å². The van der Waals surface area contributed by atoms with Crippen molar-refractivity contribution in [2.45, 2.75) is 39.0 Å². The third-order valence-electron chi connectivity index (χ3n) is 8.70. The molecule has 1 aromatic heterocycles. The zero-order chi connectivity index (χ0) is 38.4. The number of methoxy groups -OCH3 is 2. The Morgan fingerprint density at radius 2 is 1.70 bits per heavy atom. The number of aliphatic hydroxyl groups is 1. The van der Waals surface area contributed by atoms with Gasteiger partial charge in [-0.2, -0.15) is 0 Å². The standard InChI is InChI=1S/C36H41ClFN7O8/c1-6-53-36(50)41-31(22(3)46)34(48)42-15-17-43(18-16-42)45-32(40-28-13-7-23(37)19-27(28)33(45)47)21(2)44(29-14-12-26(51-4)20-30(29)52-5)35(49)39-25-10-8-24(38)9-11-25/h7-14,19-22,31,46H,6,15-18H2,1-5H3,(H,39,49)(H,41,50). The lowest BCUT2D eigenvalue weighted by Gasteiger charge is -2.40. The number of carbonyl (C=O) groups excluding carboxylic acids is 3. The van der Waals surface area contributed by atoms with Gasteiger partial charge >= 0.3 is 12.1 Å². The number of carbonyl (C=O) groups is 3. The summed E-state index contributed by atoms with van der Waals surface area (Å²) in [6.07, 6.45) is -2.05. The zero-order valence-corrected chi connectivity index (χ0v) is 30.6. The van der Waals surface area contributed by atoms with E-state index in [-0.39, 0.29) is 49.7 Å². The molecule has 1 fully saturated rings. The molecule has 2 heterocycles. The normalized spacial score (nSPS) is 14.6. The number of nitrogens with one attached hydrogen (secondary N) is 2. The van der Waals surface area contributed by atoms with E-state index in [0.29, 0.717) is 27.7 Å². The van der Waals surface area contributed by atoms with Crippen LogP contribution in [0.3, 0.4) is 0 Å². The molecule has 3 atom stereocenters. The second-order valence-electron chi connectivity index (χ2n) is 12.1. The number of amides is 4. The number of benzene rings is 3. The molecule has 3 unspecified atom stereocenters. The highest BCUT2D eigenvalue weighted by molar-refractivity contribution is 6.31. The molecule has 4 amide bonds. The lowest BCUT2D eigenvalue weighted by atomic mass is 10.1. The molecule has 5 rings (SSSR count). The van der Waals surface area contributed by atoms with Crippen LogP contribution in [0.4, 0.5) is 25.4 Å². The maximum absolute atomic E-state index is 14.4. The van der Waals surface area contributed by atoms with Crippen molar-refractivity contribution in [1.82, 2.24) is 19.9 Å². The highest BCUT2D eigenvalue weighted by Gasteiger charge is 2.35. The quantitative estimate of drug-likeness (QED) is 0.201. The SMILES string of the molecule is CCOC(=O)NC(C(=O)N1CCN(n2c(C(C)N(C(=O)Nc3ccc(F)cc3)c3ccc(OC)cc3OC)nc3ccc(Cl)cc3c2=O)CC1)C(C)O. The van der Waals surface area contributed by atoms with E-state index in [9.17, 15) is 28.7 Å². The number of urea groups is 1. The Hall–Kier alpha value is -5.61. The van der Waals surface area contributed by atoms with Crippen LogP contribution in [-0.4, -0.2) is 96.8 Å². The highest BCUT2D eigenvalue weighted by atomic mass is 35.5. The molecule has 4 aromatic rings. The molecule has 15 nitrogen and oxygen atoms in total. The summed E-state index contributed by atoms with van der Waals surface area (Å²) in [5.41, 5.74) is 0.488. The first-order valence-corrected chi connectivity index (χ1v) is 17.2. The van der Waals surface area contributed by atoms with Crippen LogP contribution in [0.5, 0.6) is 11.5 Å². The number of piperazine rings is 1. The molecule has 1 aliphatic heterocycles. The van der Waals surface area contributed by atoms with E-state index in [4.69, 9.17) is 30.8 Å². The van der Waals surface area contributed by atoms with Gasteiger partial charge in [-0.05, 0) is 75.4 Å². The van der Waals surface area contributed by atoms with Crippen molar-refractivity contribution in [2.75, 3.05) is 62.2 Å². The van der Waals surface area contributed by atoms with Crippen LogP contribution in [0, 0.1) is 5.82 Å². The Morgan fingerprint density at radius 1 is 1.00 bits per heavy atom. The molecular formula is C36H41ClFN7O8. The van der Waals surface area contributed by atoms with Crippen LogP contribution in [-0.2, 0) is 9.53 Å². The van der Waals surface area contributed by atoms with E-state index < -0.39 is 47.6 Å². The molecule has 53 heavy (non-hydrogen) atoms. The molecular weight excluding hydrogens is 713 g/mol. The second kappa shape index (κ2) is 16.8. The van der Waals surface area contributed by atoms with Crippen molar-refractivity contribution < 1.29 is 38.1 Å². The number of hydrogen-bond donors (Lipinski definition) is 3. The van der Waals surface area contributed by atoms with E-state index in [1.165, 1.54) is 66.0 Å². The van der Waals surface area contributed by atoms with Crippen molar-refractivity contribution in [1.29, 1.82) is 0 Å². The fraction of sp³-hybridized carbons (Fsp3) is 0.361. The monoisotopic (exact) mass is 753 g/mol. The predicted octanol–water partition coefficient (Wildman–Crippen LogP) is 4.28. The summed E-state index contributed by atoms with van der Waals surface area (Å²) < 4.78 is 31.1. The number of ether oxygens (including phenoxy) is 3. The number of rotatable bonds is 11. The van der Waals surface area contributed by atoms with Crippen molar-refractivity contribution >= 4 is 51.9 Å². The van der Waals surface area contributed by atoms with E-state index >= 15 is 0 Å². The van der Waals surface area contributed by atoms with Crippen LogP contribution in [0.2, 0.25) is 5.02 Å². The highest BCUT2D eigenvalue weighted by Crippen LogP contribution is 2.37. The first-order valence-electron chi connectivity index (χ1n) is 16.8. The Labute approximate surface area is 309 Å². The summed E-state index contributed by atoms with van der Waals surface area (Å²) >= 11 is 6.31. The van der Waals surface area contributed by atoms with Gasteiger partial charge in [-0.15, -0.1) is 0 Å². The van der Waals surface area contributed by atoms with Gasteiger partial charge in [-0.1, -0.05) is 11.6 Å². The number of hydrogen-bond acceptors (Lipinski definition) is 10. The van der Waals surface area contributed by atoms with Gasteiger partial charge in [0.1, 0.15) is 23.4 Å². The summed E-state index contributed by atoms with van der Waals surface area (Å²) in [5, 5.41) is 17.8. The van der Waals surface area contributed by atoms with Crippen LogP contribution in [0.1, 0.15) is 32.6 Å². The van der Waals surface area contributed by atoms with E-state index in [2.05, 4.69) is 10.6 Å². The maximum Gasteiger partial charge on any atom is 0.407 e. The Kier molecular flexibility index (Phi) is 12.3. The van der Waals surface area contributed by atoms with Crippen LogP contribution in [0.25, 0.3) is 10.9 Å². The topological polar surface area (TPSA) is 168 Å². The Balaban J connectivity index is 1.57. The number of fused-ring (bicyclic) bond motifs is 1. The molecule has 0 aliphatic carbocycles. The largest absolute Gasteiger partial charge is 0.497 e. The minimum Gasteiger partial charge on any atom is -0.497 e. The first-order chi connectivity index (χ1) is 25.4. The lowest BCUT2D eigenvalue weighted by molar-refractivity contribution is -0.136. The van der Waals surface area contributed by atoms with Crippen molar-refractivity contribution in [3.8, 4) is 11.5 Å². The summed E-state index contributed by atoms with van der Waals surface area (Å²) in [5.74, 6) is -0.0801. The molecule has 282 valence electrons. The number of halogens is 2. The molecule has 3 N–H and O–H groups in total. The minimum atomic E-state index is -1.25. The molecule has 1 saturated heterocycles. The van der Waals surface area contributed by atoms with E-state index in [1.54, 1.807) is 49.2 Å². The van der Waals surface area contributed by atoms with E-state index in [1.807, 2.05) is 0 Å². The first kappa shape index (κ1) is 38.6. The van der Waals surface area contributed by atoms with Crippen LogP contribution < -0.4 is 35.6 Å². The smallest absolute Gasteiger partial charge is 0.407 e. The molecule has 0 bridgehead atoms. The number of nitrogens with zero attached hydrogens (tertiary/aromatic N) is 5. The third-order valence-corrected chi connectivity index (χ3v) is 8.94. The van der Waals surface area contributed by atoms with Crippen molar-refractivity contribution in [3.05, 3.63) is 87.7 Å². The summed E-state index contributed by atoms with van der Waals surface area (Å²) in [6, 6.07) is 12.0. The molecule has 17 heteroatoms. The summed E-state index contributed by atoms with van der Waals surface area (Å²) in [7, 11) is 2.94. The van der Waals surface area contributed by atoms with Crippen LogP contribution >= 0.6 is 11.6 Å². The number of aromatic nitrogens is 2. The molecule has 3 aromatic carbocycles. The lowest BCUT2D eigenvalue weighted by Crippen LogP contribution is -2.61. The van der Waals surface area contributed by atoms with Gasteiger partial charge < -0.3 is 39.9 Å². The fourth-order valence-electron chi connectivity index (χ4n) is 6.02. The van der Waals surface area contributed by atoms with Gasteiger partial charge in [0.25, 0.3) is 5.56 Å². The number of aliphatic hydroxyl groups excluding tert-OH is 1. The van der Waals surface area contributed by atoms with Gasteiger partial charge in [-0.25, -0.2) is 23.6 Å². The number of alkyl carbamates (subject to hydrolysis) is 1. The molecule has 0 spiro atoms. The van der Waals surface area contributed by atoms with Gasteiger partial charge in [0.15, 0.2) is 5.82 Å². The summed E-state index contributed by atoms with van der Waals surface area (Å²) in [6.45, 7) is 5.29. The molecule has 0 radical (unpaired) electrons. The zero-order valence-electron chi connectivity index (χ0n) is 29.8. The van der Waals surface area contributed by atoms with E-state index in [0.717, 1.165) is 0 Å². The van der Waals surface area contributed by atoms with Gasteiger partial charge in [0.05, 0.1) is 62.7 Å². The Morgan fingerprint density at radius 3 is 2.32 bits per heavy atom. The second-order valence-corrected chi connectivity index (χ2v) is 12.6. The fourth-order valence-corrected chi connectivity index (χ4v) is 6.19. The average molecular weight is 754 g/mol. The third kappa shape index (κ3) is 8.55. The van der Waals surface area contributed by atoms with Gasteiger partial charge in [-0.3, -0.25) is 14.5 Å². The minimum absolute atomic E-state index is 0.0856. The van der Waals surface area contributed by atoms with Crippen molar-refractivity contribution in [3.63, 3.8) is 0 Å². The van der Waals surface area contributed by atoms with Gasteiger partial charge in [0, 0.05) is 29.9 Å². The molecule has 0 saturated carbocycles. The average Bonchev–Trinajstić information content (AvgIpc) is 3.15. The van der Waals surface area contributed by atoms with Gasteiger partial charge in [0.2, 0.25) is 5.91 Å². The summed E-state index contributed by atoms with van der Waals surface area (Å²) in [4.78, 5) is 62.0. The maximum atomic E-state index is 14.4. The number of anilines is 2.